The van der Waals surface area contributed by atoms with Gasteiger partial charge in [-0.25, -0.2) is 0 Å². The number of aliphatic imine (C=N–C) groups is 1. The van der Waals surface area contributed by atoms with Crippen LogP contribution in [0.2, 0.25) is 5.02 Å². The molecule has 2 aliphatic rings. The van der Waals surface area contributed by atoms with Crippen LogP contribution < -0.4 is 0 Å². The standard InChI is InChI=1S/C29H25ClN2O3/c1-18-26(29(34)35-17-19-7-3-2-4-8-19)28(23-9-5-6-14-31-23)27-24(32-18)15-21(16-25(27)33)20-10-12-22(30)13-11-20/h2-14,21,26,28H,15-17H2,1H3/t21-,26?,28+/m1/s1. The molecule has 2 heterocycles. The van der Waals surface area contributed by atoms with E-state index in [1.54, 1.807) is 6.20 Å². The van der Waals surface area contributed by atoms with Crippen LogP contribution in [0.1, 0.15) is 48.4 Å². The van der Waals surface area contributed by atoms with Gasteiger partial charge in [0, 0.05) is 40.3 Å². The number of pyridine rings is 1. The van der Waals surface area contributed by atoms with Crippen LogP contribution in [0.25, 0.3) is 0 Å². The van der Waals surface area contributed by atoms with Gasteiger partial charge in [-0.05, 0) is 54.7 Å². The summed E-state index contributed by atoms with van der Waals surface area (Å²) in [5.74, 6) is -1.61. The minimum absolute atomic E-state index is 0.000961. The fraction of sp³-hybridized carbons (Fsp3) is 0.241. The third-order valence-corrected chi connectivity index (χ3v) is 6.97. The number of hydrogen-bond donors (Lipinski definition) is 0. The molecule has 0 fully saturated rings. The molecule has 176 valence electrons. The van der Waals surface area contributed by atoms with Gasteiger partial charge in [0.2, 0.25) is 0 Å². The molecule has 1 unspecified atom stereocenters. The zero-order chi connectivity index (χ0) is 24.4. The normalized spacial score (nSPS) is 21.8. The summed E-state index contributed by atoms with van der Waals surface area (Å²) >= 11 is 6.06. The fourth-order valence-corrected chi connectivity index (χ4v) is 5.16. The molecule has 1 aliphatic carbocycles. The molecule has 2 aromatic carbocycles. The second-order valence-corrected chi connectivity index (χ2v) is 9.43. The summed E-state index contributed by atoms with van der Waals surface area (Å²) in [4.78, 5) is 36.3. The average Bonchev–Trinajstić information content (AvgIpc) is 2.88. The number of carbonyl (C=O) groups is 2. The second-order valence-electron chi connectivity index (χ2n) is 9.00. The Morgan fingerprint density at radius 3 is 2.46 bits per heavy atom. The molecule has 35 heavy (non-hydrogen) atoms. The highest BCUT2D eigenvalue weighted by Crippen LogP contribution is 2.46. The zero-order valence-electron chi connectivity index (χ0n) is 19.4. The van der Waals surface area contributed by atoms with E-state index in [4.69, 9.17) is 21.3 Å². The Bertz CT molecular complexity index is 1300. The average molecular weight is 485 g/mol. The van der Waals surface area contributed by atoms with E-state index in [1.807, 2.05) is 79.7 Å². The first-order valence-corrected chi connectivity index (χ1v) is 12.1. The van der Waals surface area contributed by atoms with Crippen molar-refractivity contribution < 1.29 is 14.3 Å². The predicted molar refractivity (Wildman–Crippen MR) is 135 cm³/mol. The van der Waals surface area contributed by atoms with Crippen molar-refractivity contribution in [2.45, 2.75) is 38.2 Å². The summed E-state index contributed by atoms with van der Waals surface area (Å²) in [6, 6.07) is 22.7. The maximum atomic E-state index is 13.6. The molecule has 3 atom stereocenters. The number of ether oxygens (including phenoxy) is 1. The molecular formula is C29H25ClN2O3. The van der Waals surface area contributed by atoms with Crippen molar-refractivity contribution in [3.8, 4) is 0 Å². The van der Waals surface area contributed by atoms with Crippen molar-refractivity contribution in [2.24, 2.45) is 10.9 Å². The van der Waals surface area contributed by atoms with E-state index >= 15 is 0 Å². The van der Waals surface area contributed by atoms with Crippen molar-refractivity contribution in [3.05, 3.63) is 112 Å². The monoisotopic (exact) mass is 484 g/mol. The van der Waals surface area contributed by atoms with Gasteiger partial charge in [-0.3, -0.25) is 19.6 Å². The van der Waals surface area contributed by atoms with Crippen LogP contribution in [-0.4, -0.2) is 22.4 Å². The highest BCUT2D eigenvalue weighted by molar-refractivity contribution is 6.30. The quantitative estimate of drug-likeness (QED) is 0.413. The van der Waals surface area contributed by atoms with Gasteiger partial charge in [0.1, 0.15) is 12.5 Å². The first-order valence-electron chi connectivity index (χ1n) is 11.7. The van der Waals surface area contributed by atoms with Crippen LogP contribution in [0, 0.1) is 5.92 Å². The summed E-state index contributed by atoms with van der Waals surface area (Å²) in [7, 11) is 0. The Hall–Kier alpha value is -3.57. The lowest BCUT2D eigenvalue weighted by atomic mass is 9.70. The third kappa shape index (κ3) is 4.82. The van der Waals surface area contributed by atoms with Crippen LogP contribution in [-0.2, 0) is 20.9 Å². The lowest BCUT2D eigenvalue weighted by Gasteiger charge is -2.36. The summed E-state index contributed by atoms with van der Waals surface area (Å²) < 4.78 is 5.71. The van der Waals surface area contributed by atoms with Crippen LogP contribution in [0.3, 0.4) is 0 Å². The Morgan fingerprint density at radius 2 is 1.74 bits per heavy atom. The number of rotatable bonds is 5. The summed E-state index contributed by atoms with van der Waals surface area (Å²) in [6.07, 6.45) is 2.66. The molecule has 5 rings (SSSR count). The largest absolute Gasteiger partial charge is 0.460 e. The van der Waals surface area contributed by atoms with Gasteiger partial charge in [0.25, 0.3) is 0 Å². The van der Waals surface area contributed by atoms with E-state index < -0.39 is 17.8 Å². The topological polar surface area (TPSA) is 68.6 Å². The zero-order valence-corrected chi connectivity index (χ0v) is 20.1. The number of halogens is 1. The van der Waals surface area contributed by atoms with Crippen molar-refractivity contribution in [3.63, 3.8) is 0 Å². The number of Topliss-reactive ketones (excluding diaryl/α,β-unsaturated/α-hetero) is 1. The molecule has 0 saturated carbocycles. The maximum Gasteiger partial charge on any atom is 0.316 e. The SMILES string of the molecule is CC1=NC2=C(C(=O)C[C@H](c3ccc(Cl)cc3)C2)[C@@H](c2ccccn2)C1C(=O)OCc1ccccc1. The number of esters is 1. The fourth-order valence-electron chi connectivity index (χ4n) is 5.03. The number of nitrogens with zero attached hydrogens (tertiary/aromatic N) is 2. The van der Waals surface area contributed by atoms with Gasteiger partial charge >= 0.3 is 5.97 Å². The van der Waals surface area contributed by atoms with Crippen LogP contribution in [0.5, 0.6) is 0 Å². The summed E-state index contributed by atoms with van der Waals surface area (Å²) in [5, 5.41) is 0.661. The molecule has 0 radical (unpaired) electrons. The molecular weight excluding hydrogens is 460 g/mol. The molecule has 0 amide bonds. The van der Waals surface area contributed by atoms with E-state index in [9.17, 15) is 9.59 Å². The number of benzene rings is 2. The minimum atomic E-state index is -0.705. The van der Waals surface area contributed by atoms with Gasteiger partial charge in [0.15, 0.2) is 5.78 Å². The first kappa shape index (κ1) is 23.2. The smallest absolute Gasteiger partial charge is 0.316 e. The van der Waals surface area contributed by atoms with E-state index in [0.29, 0.717) is 34.8 Å². The van der Waals surface area contributed by atoms with E-state index in [1.165, 1.54) is 0 Å². The number of aromatic nitrogens is 1. The van der Waals surface area contributed by atoms with Gasteiger partial charge in [-0.15, -0.1) is 0 Å². The van der Waals surface area contributed by atoms with E-state index in [2.05, 4.69) is 4.98 Å². The Balaban J connectivity index is 1.49. The number of allylic oxidation sites excluding steroid dienone is 2. The summed E-state index contributed by atoms with van der Waals surface area (Å²) in [5.41, 5.74) is 4.60. The number of carbonyl (C=O) groups excluding carboxylic acids is 2. The molecule has 1 aliphatic heterocycles. The number of ketones is 1. The first-order chi connectivity index (χ1) is 17.0. The lowest BCUT2D eigenvalue weighted by Crippen LogP contribution is -2.38. The van der Waals surface area contributed by atoms with Crippen LogP contribution >= 0.6 is 11.6 Å². The number of hydrogen-bond acceptors (Lipinski definition) is 5. The van der Waals surface area contributed by atoms with Gasteiger partial charge in [-0.2, -0.15) is 0 Å². The molecule has 0 N–H and O–H groups in total. The Morgan fingerprint density at radius 1 is 1.00 bits per heavy atom. The van der Waals surface area contributed by atoms with E-state index in [0.717, 1.165) is 16.8 Å². The minimum Gasteiger partial charge on any atom is -0.460 e. The van der Waals surface area contributed by atoms with Crippen LogP contribution in [0.15, 0.2) is 95.3 Å². The lowest BCUT2D eigenvalue weighted by molar-refractivity contribution is -0.148. The molecule has 0 bridgehead atoms. The van der Waals surface area contributed by atoms with Crippen molar-refractivity contribution in [1.29, 1.82) is 0 Å². The van der Waals surface area contributed by atoms with Gasteiger partial charge in [0.05, 0.1) is 5.92 Å². The van der Waals surface area contributed by atoms with Crippen molar-refractivity contribution in [2.75, 3.05) is 0 Å². The Kier molecular flexibility index (Phi) is 6.60. The maximum absolute atomic E-state index is 13.6. The van der Waals surface area contributed by atoms with Crippen LogP contribution in [0.4, 0.5) is 0 Å². The van der Waals surface area contributed by atoms with Crippen molar-refractivity contribution >= 4 is 29.1 Å². The molecule has 0 spiro atoms. The summed E-state index contributed by atoms with van der Waals surface area (Å²) in [6.45, 7) is 2.00. The second kappa shape index (κ2) is 9.96. The molecule has 6 heteroatoms. The highest BCUT2D eigenvalue weighted by atomic mass is 35.5. The van der Waals surface area contributed by atoms with Gasteiger partial charge < -0.3 is 4.74 Å². The molecule has 5 nitrogen and oxygen atoms in total. The van der Waals surface area contributed by atoms with Gasteiger partial charge in [-0.1, -0.05) is 60.1 Å². The predicted octanol–water partition coefficient (Wildman–Crippen LogP) is 6.05. The third-order valence-electron chi connectivity index (χ3n) is 6.71. The molecule has 0 saturated heterocycles. The molecule has 3 aromatic rings. The highest BCUT2D eigenvalue weighted by Gasteiger charge is 2.45. The van der Waals surface area contributed by atoms with Crippen molar-refractivity contribution in [1.82, 2.24) is 4.98 Å². The Labute approximate surface area is 209 Å². The van der Waals surface area contributed by atoms with E-state index in [-0.39, 0.29) is 18.3 Å². The molecule has 1 aromatic heterocycles.